The van der Waals surface area contributed by atoms with Crippen LogP contribution in [-0.2, 0) is 0 Å². The van der Waals surface area contributed by atoms with E-state index in [1.807, 2.05) is 0 Å². The molecule has 1 aliphatic heterocycles. The van der Waals surface area contributed by atoms with Crippen LogP contribution in [0.4, 0.5) is 5.69 Å². The highest BCUT2D eigenvalue weighted by Gasteiger charge is 2.15. The number of hydrogen-bond acceptors (Lipinski definition) is 5. The van der Waals surface area contributed by atoms with Crippen molar-refractivity contribution in [3.8, 4) is 11.5 Å². The molecule has 0 fully saturated rings. The number of thiocarbonyl (C=S) groups is 1. The average molecular weight is 356 g/mol. The summed E-state index contributed by atoms with van der Waals surface area (Å²) in [5.41, 5.74) is 1.70. The number of amides is 1. The van der Waals surface area contributed by atoms with E-state index in [0.29, 0.717) is 41.5 Å². The predicted octanol–water partition coefficient (Wildman–Crippen LogP) is 2.79. The molecule has 1 aliphatic rings. The minimum Gasteiger partial charge on any atom is -0.486 e. The van der Waals surface area contributed by atoms with Crippen molar-refractivity contribution in [2.24, 2.45) is 0 Å². The molecule has 2 aromatic carbocycles. The highest BCUT2D eigenvalue weighted by Crippen LogP contribution is 2.30. The third kappa shape index (κ3) is 4.13. The first kappa shape index (κ1) is 16.9. The van der Waals surface area contributed by atoms with Crippen LogP contribution < -0.4 is 20.1 Å². The predicted molar refractivity (Wildman–Crippen MR) is 97.6 cm³/mol. The standard InChI is InChI=1S/C18H16N2O4S/c1-11(21)12-2-5-14(6-3-12)19-18(25)20-17(22)13-4-7-15-16(10-13)24-9-8-23-15/h2-7,10H,8-9H2,1H3,(H2,19,20,22,25). The fraction of sp³-hybridized carbons (Fsp3) is 0.167. The number of Topliss-reactive ketones (excluding diaryl/α,β-unsaturated/α-hetero) is 1. The van der Waals surface area contributed by atoms with Gasteiger partial charge in [0.05, 0.1) is 0 Å². The maximum Gasteiger partial charge on any atom is 0.257 e. The Morgan fingerprint density at radius 1 is 0.960 bits per heavy atom. The van der Waals surface area contributed by atoms with Gasteiger partial charge >= 0.3 is 0 Å². The largest absolute Gasteiger partial charge is 0.486 e. The zero-order valence-electron chi connectivity index (χ0n) is 13.5. The van der Waals surface area contributed by atoms with Crippen LogP contribution in [0.1, 0.15) is 27.6 Å². The topological polar surface area (TPSA) is 76.7 Å². The van der Waals surface area contributed by atoms with Crippen molar-refractivity contribution in [2.45, 2.75) is 6.92 Å². The molecule has 0 saturated heterocycles. The minimum atomic E-state index is -0.352. The number of fused-ring (bicyclic) bond motifs is 1. The Morgan fingerprint density at radius 3 is 2.28 bits per heavy atom. The molecule has 0 saturated carbocycles. The lowest BCUT2D eigenvalue weighted by Gasteiger charge is -2.18. The van der Waals surface area contributed by atoms with Crippen molar-refractivity contribution in [1.82, 2.24) is 5.32 Å². The molecule has 2 aromatic rings. The minimum absolute atomic E-state index is 0.0129. The fourth-order valence-corrected chi connectivity index (χ4v) is 2.52. The van der Waals surface area contributed by atoms with Gasteiger partial charge in [-0.05, 0) is 61.6 Å². The number of ketones is 1. The number of ether oxygens (including phenoxy) is 2. The summed E-state index contributed by atoms with van der Waals surface area (Å²) in [4.78, 5) is 23.6. The second-order valence-electron chi connectivity index (χ2n) is 5.40. The monoisotopic (exact) mass is 356 g/mol. The van der Waals surface area contributed by atoms with Crippen LogP contribution in [0.2, 0.25) is 0 Å². The molecule has 3 rings (SSSR count). The van der Waals surface area contributed by atoms with E-state index in [-0.39, 0.29) is 16.8 Å². The van der Waals surface area contributed by atoms with E-state index in [1.165, 1.54) is 6.92 Å². The van der Waals surface area contributed by atoms with Gasteiger partial charge in [0.1, 0.15) is 13.2 Å². The summed E-state index contributed by atoms with van der Waals surface area (Å²) in [5.74, 6) is 0.794. The molecule has 0 radical (unpaired) electrons. The molecule has 0 aromatic heterocycles. The Labute approximate surface area is 150 Å². The van der Waals surface area contributed by atoms with Crippen molar-refractivity contribution < 1.29 is 19.1 Å². The number of anilines is 1. The average Bonchev–Trinajstić information content (AvgIpc) is 2.61. The zero-order valence-corrected chi connectivity index (χ0v) is 14.3. The van der Waals surface area contributed by atoms with Crippen LogP contribution in [0.5, 0.6) is 11.5 Å². The summed E-state index contributed by atoms with van der Waals surface area (Å²) >= 11 is 5.15. The van der Waals surface area contributed by atoms with Crippen molar-refractivity contribution in [2.75, 3.05) is 18.5 Å². The highest BCUT2D eigenvalue weighted by molar-refractivity contribution is 7.80. The highest BCUT2D eigenvalue weighted by atomic mass is 32.1. The lowest BCUT2D eigenvalue weighted by Crippen LogP contribution is -2.34. The molecular formula is C18H16N2O4S. The summed E-state index contributed by atoms with van der Waals surface area (Å²) in [5, 5.41) is 5.67. The van der Waals surface area contributed by atoms with Gasteiger partial charge in [-0.15, -0.1) is 0 Å². The van der Waals surface area contributed by atoms with Gasteiger partial charge in [-0.3, -0.25) is 14.9 Å². The van der Waals surface area contributed by atoms with Gasteiger partial charge in [0.2, 0.25) is 0 Å². The number of carbonyl (C=O) groups excluding carboxylic acids is 2. The lowest BCUT2D eigenvalue weighted by atomic mass is 10.1. The van der Waals surface area contributed by atoms with Crippen LogP contribution >= 0.6 is 12.2 Å². The maximum atomic E-state index is 12.3. The molecule has 7 heteroatoms. The van der Waals surface area contributed by atoms with Crippen LogP contribution in [0.15, 0.2) is 42.5 Å². The lowest BCUT2D eigenvalue weighted by molar-refractivity contribution is 0.0974. The van der Waals surface area contributed by atoms with E-state index < -0.39 is 0 Å². The molecule has 25 heavy (non-hydrogen) atoms. The van der Waals surface area contributed by atoms with Gasteiger partial charge < -0.3 is 14.8 Å². The Kier molecular flexibility index (Phi) is 4.95. The molecule has 0 spiro atoms. The Bertz CT molecular complexity index is 833. The molecule has 2 N–H and O–H groups in total. The van der Waals surface area contributed by atoms with Crippen LogP contribution in [0.25, 0.3) is 0 Å². The van der Waals surface area contributed by atoms with Crippen LogP contribution in [-0.4, -0.2) is 30.0 Å². The normalized spacial score (nSPS) is 12.2. The number of carbonyl (C=O) groups is 2. The van der Waals surface area contributed by atoms with Crippen LogP contribution in [0, 0.1) is 0 Å². The van der Waals surface area contributed by atoms with Gasteiger partial charge in [0.25, 0.3) is 5.91 Å². The second kappa shape index (κ2) is 7.31. The first-order valence-electron chi connectivity index (χ1n) is 7.66. The van der Waals surface area contributed by atoms with Crippen molar-refractivity contribution >= 4 is 34.7 Å². The summed E-state index contributed by atoms with van der Waals surface area (Å²) in [6, 6.07) is 11.8. The number of nitrogens with one attached hydrogen (secondary N) is 2. The van der Waals surface area contributed by atoms with Gasteiger partial charge in [0, 0.05) is 16.8 Å². The molecule has 6 nitrogen and oxygen atoms in total. The van der Waals surface area contributed by atoms with Gasteiger partial charge in [-0.25, -0.2) is 0 Å². The molecule has 0 aliphatic carbocycles. The van der Waals surface area contributed by atoms with E-state index in [2.05, 4.69) is 10.6 Å². The van der Waals surface area contributed by atoms with Crippen molar-refractivity contribution in [3.05, 3.63) is 53.6 Å². The van der Waals surface area contributed by atoms with Gasteiger partial charge in [-0.1, -0.05) is 0 Å². The SMILES string of the molecule is CC(=O)c1ccc(NC(=S)NC(=O)c2ccc3c(c2)OCCO3)cc1. The number of rotatable bonds is 3. The quantitative estimate of drug-likeness (QED) is 0.651. The Morgan fingerprint density at radius 2 is 1.60 bits per heavy atom. The first-order chi connectivity index (χ1) is 12.0. The van der Waals surface area contributed by atoms with Crippen molar-refractivity contribution in [3.63, 3.8) is 0 Å². The smallest absolute Gasteiger partial charge is 0.257 e. The summed E-state index contributed by atoms with van der Waals surface area (Å²) < 4.78 is 10.9. The molecule has 1 heterocycles. The third-order valence-electron chi connectivity index (χ3n) is 3.58. The van der Waals surface area contributed by atoms with Crippen molar-refractivity contribution in [1.29, 1.82) is 0 Å². The van der Waals surface area contributed by atoms with Crippen LogP contribution in [0.3, 0.4) is 0 Å². The van der Waals surface area contributed by atoms with E-state index in [4.69, 9.17) is 21.7 Å². The molecule has 128 valence electrons. The Balaban J connectivity index is 1.62. The van der Waals surface area contributed by atoms with E-state index >= 15 is 0 Å². The molecule has 1 amide bonds. The van der Waals surface area contributed by atoms with E-state index in [0.717, 1.165) is 0 Å². The molecule has 0 bridgehead atoms. The molecule has 0 unspecified atom stereocenters. The summed E-state index contributed by atoms with van der Waals surface area (Å²) in [7, 11) is 0. The van der Waals surface area contributed by atoms with Gasteiger partial charge in [0.15, 0.2) is 22.4 Å². The fourth-order valence-electron chi connectivity index (χ4n) is 2.31. The first-order valence-corrected chi connectivity index (χ1v) is 8.07. The van der Waals surface area contributed by atoms with Gasteiger partial charge in [-0.2, -0.15) is 0 Å². The maximum absolute atomic E-state index is 12.3. The number of benzene rings is 2. The summed E-state index contributed by atoms with van der Waals surface area (Å²) in [6.07, 6.45) is 0. The third-order valence-corrected chi connectivity index (χ3v) is 3.78. The Hall–Kier alpha value is -2.93. The van der Waals surface area contributed by atoms with E-state index in [1.54, 1.807) is 42.5 Å². The second-order valence-corrected chi connectivity index (χ2v) is 5.81. The summed E-state index contributed by atoms with van der Waals surface area (Å²) in [6.45, 7) is 2.45. The molecular weight excluding hydrogens is 340 g/mol. The molecule has 0 atom stereocenters. The van der Waals surface area contributed by atoms with E-state index in [9.17, 15) is 9.59 Å². The number of hydrogen-bond donors (Lipinski definition) is 2. The zero-order chi connectivity index (χ0) is 17.8.